The third-order valence-electron chi connectivity index (χ3n) is 3.26. The maximum absolute atomic E-state index is 11.1. The van der Waals surface area contributed by atoms with E-state index in [-0.39, 0.29) is 0 Å². The van der Waals surface area contributed by atoms with Gasteiger partial charge in [0.2, 0.25) is 0 Å². The van der Waals surface area contributed by atoms with Crippen molar-refractivity contribution in [3.8, 4) is 0 Å². The van der Waals surface area contributed by atoms with Crippen molar-refractivity contribution in [3.05, 3.63) is 23.8 Å². The second-order valence-corrected chi connectivity index (χ2v) is 4.42. The summed E-state index contributed by atoms with van der Waals surface area (Å²) in [6.45, 7) is 3.08. The van der Waals surface area contributed by atoms with Gasteiger partial charge in [-0.05, 0) is 19.3 Å². The van der Waals surface area contributed by atoms with Gasteiger partial charge in [0.05, 0.1) is 0 Å². The molecule has 0 amide bonds. The van der Waals surface area contributed by atoms with Crippen LogP contribution in [-0.2, 0) is 4.79 Å². The molecule has 0 saturated carbocycles. The number of carbonyl (C=O) groups excluding carboxylic acids is 1. The molecule has 2 aliphatic rings. The van der Waals surface area contributed by atoms with Crippen LogP contribution >= 0.6 is 0 Å². The van der Waals surface area contributed by atoms with Crippen molar-refractivity contribution in [1.29, 1.82) is 0 Å². The maximum atomic E-state index is 11.1. The van der Waals surface area contributed by atoms with E-state index in [0.717, 1.165) is 32.5 Å². The SMILES string of the molecule is O=C1CCN(CCC2=CC=CCC2)CC1. The molecular weight excluding hydrogens is 186 g/mol. The Bertz CT molecular complexity index is 281. The first-order chi connectivity index (χ1) is 7.34. The van der Waals surface area contributed by atoms with Crippen LogP contribution in [0, 0.1) is 0 Å². The molecule has 0 unspecified atom stereocenters. The van der Waals surface area contributed by atoms with Gasteiger partial charge in [-0.1, -0.05) is 23.8 Å². The molecule has 82 valence electrons. The number of hydrogen-bond donors (Lipinski definition) is 0. The zero-order valence-electron chi connectivity index (χ0n) is 9.24. The number of Topliss-reactive ketones (excluding diaryl/α,β-unsaturated/α-hetero) is 1. The smallest absolute Gasteiger partial charge is 0.135 e. The lowest BCUT2D eigenvalue weighted by molar-refractivity contribution is -0.121. The van der Waals surface area contributed by atoms with Crippen LogP contribution < -0.4 is 0 Å². The van der Waals surface area contributed by atoms with Crippen molar-refractivity contribution in [2.24, 2.45) is 0 Å². The molecule has 1 fully saturated rings. The average Bonchev–Trinajstić information content (AvgIpc) is 2.30. The molecular formula is C13H19NO. The molecule has 1 saturated heterocycles. The van der Waals surface area contributed by atoms with Gasteiger partial charge in [-0.25, -0.2) is 0 Å². The van der Waals surface area contributed by atoms with Crippen molar-refractivity contribution >= 4 is 5.78 Å². The summed E-state index contributed by atoms with van der Waals surface area (Å²) in [6, 6.07) is 0. The van der Waals surface area contributed by atoms with Crippen LogP contribution in [0.5, 0.6) is 0 Å². The molecule has 15 heavy (non-hydrogen) atoms. The van der Waals surface area contributed by atoms with Gasteiger partial charge in [0.15, 0.2) is 0 Å². The van der Waals surface area contributed by atoms with Crippen LogP contribution in [0.4, 0.5) is 0 Å². The highest BCUT2D eigenvalue weighted by atomic mass is 16.1. The molecule has 0 atom stereocenters. The predicted molar refractivity (Wildman–Crippen MR) is 61.8 cm³/mol. The zero-order chi connectivity index (χ0) is 10.5. The van der Waals surface area contributed by atoms with Gasteiger partial charge in [0.25, 0.3) is 0 Å². The quantitative estimate of drug-likeness (QED) is 0.704. The second-order valence-electron chi connectivity index (χ2n) is 4.42. The highest BCUT2D eigenvalue weighted by Gasteiger charge is 2.15. The Kier molecular flexibility index (Phi) is 3.73. The number of rotatable bonds is 3. The summed E-state index contributed by atoms with van der Waals surface area (Å²) in [5.74, 6) is 0.436. The van der Waals surface area contributed by atoms with E-state index in [4.69, 9.17) is 0 Å². The Labute approximate surface area is 91.6 Å². The monoisotopic (exact) mass is 205 g/mol. The van der Waals surface area contributed by atoms with E-state index in [1.807, 2.05) is 0 Å². The molecule has 0 aromatic carbocycles. The van der Waals surface area contributed by atoms with E-state index in [0.29, 0.717) is 5.78 Å². The first kappa shape index (κ1) is 10.6. The van der Waals surface area contributed by atoms with E-state index >= 15 is 0 Å². The fraction of sp³-hybridized carbons (Fsp3) is 0.615. The zero-order valence-corrected chi connectivity index (χ0v) is 9.24. The van der Waals surface area contributed by atoms with Crippen molar-refractivity contribution in [3.63, 3.8) is 0 Å². The van der Waals surface area contributed by atoms with Gasteiger partial charge in [-0.2, -0.15) is 0 Å². The van der Waals surface area contributed by atoms with E-state index in [2.05, 4.69) is 23.1 Å². The number of carbonyl (C=O) groups is 1. The normalized spacial score (nSPS) is 22.9. The number of piperidine rings is 1. The first-order valence-corrected chi connectivity index (χ1v) is 5.93. The molecule has 0 aromatic heterocycles. The Hall–Kier alpha value is -0.890. The van der Waals surface area contributed by atoms with Crippen LogP contribution in [0.1, 0.15) is 32.1 Å². The summed E-state index contributed by atoms with van der Waals surface area (Å²) in [4.78, 5) is 13.5. The topological polar surface area (TPSA) is 20.3 Å². The summed E-state index contributed by atoms with van der Waals surface area (Å²) in [5.41, 5.74) is 1.56. The van der Waals surface area contributed by atoms with Crippen LogP contribution in [0.3, 0.4) is 0 Å². The van der Waals surface area contributed by atoms with Crippen molar-refractivity contribution in [2.75, 3.05) is 19.6 Å². The highest BCUT2D eigenvalue weighted by Crippen LogP contribution is 2.16. The summed E-state index contributed by atoms with van der Waals surface area (Å²) in [7, 11) is 0. The molecule has 0 radical (unpaired) electrons. The minimum atomic E-state index is 0.436. The number of allylic oxidation sites excluding steroid dienone is 3. The number of hydrogen-bond acceptors (Lipinski definition) is 2. The summed E-state index contributed by atoms with van der Waals surface area (Å²) >= 11 is 0. The van der Waals surface area contributed by atoms with E-state index in [1.54, 1.807) is 5.57 Å². The standard InChI is InChI=1S/C13H19NO/c15-13-7-10-14(11-8-13)9-6-12-4-2-1-3-5-12/h1-2,4H,3,5-11H2. The largest absolute Gasteiger partial charge is 0.302 e. The van der Waals surface area contributed by atoms with Crippen LogP contribution in [-0.4, -0.2) is 30.3 Å². The maximum Gasteiger partial charge on any atom is 0.135 e. The third kappa shape index (κ3) is 3.31. The second kappa shape index (κ2) is 5.26. The number of likely N-dealkylation sites (tertiary alicyclic amines) is 1. The fourth-order valence-corrected chi connectivity index (χ4v) is 2.19. The molecule has 2 nitrogen and oxygen atoms in total. The molecule has 0 bridgehead atoms. The summed E-state index contributed by atoms with van der Waals surface area (Å²) < 4.78 is 0. The Morgan fingerprint density at radius 2 is 2.00 bits per heavy atom. The predicted octanol–water partition coefficient (Wildman–Crippen LogP) is 2.32. The van der Waals surface area contributed by atoms with Crippen LogP contribution in [0.25, 0.3) is 0 Å². The minimum Gasteiger partial charge on any atom is -0.302 e. The lowest BCUT2D eigenvalue weighted by Crippen LogP contribution is -2.34. The van der Waals surface area contributed by atoms with Crippen molar-refractivity contribution in [2.45, 2.75) is 32.1 Å². The number of nitrogens with zero attached hydrogens (tertiary/aromatic N) is 1. The fourth-order valence-electron chi connectivity index (χ4n) is 2.19. The van der Waals surface area contributed by atoms with Crippen LogP contribution in [0.2, 0.25) is 0 Å². The van der Waals surface area contributed by atoms with Crippen molar-refractivity contribution < 1.29 is 4.79 Å². The van der Waals surface area contributed by atoms with Gasteiger partial charge in [-0.3, -0.25) is 4.79 Å². The molecule has 0 spiro atoms. The molecule has 2 rings (SSSR count). The third-order valence-corrected chi connectivity index (χ3v) is 3.26. The Balaban J connectivity index is 1.71. The summed E-state index contributed by atoms with van der Waals surface area (Å²) in [6.07, 6.45) is 11.8. The number of ketones is 1. The first-order valence-electron chi connectivity index (χ1n) is 5.93. The van der Waals surface area contributed by atoms with E-state index in [1.165, 1.54) is 19.3 Å². The average molecular weight is 205 g/mol. The Morgan fingerprint density at radius 1 is 1.20 bits per heavy atom. The van der Waals surface area contributed by atoms with Crippen LogP contribution in [0.15, 0.2) is 23.8 Å². The Morgan fingerprint density at radius 3 is 2.67 bits per heavy atom. The van der Waals surface area contributed by atoms with Gasteiger partial charge < -0.3 is 4.90 Å². The molecule has 1 heterocycles. The molecule has 2 heteroatoms. The lowest BCUT2D eigenvalue weighted by atomic mass is 10.0. The van der Waals surface area contributed by atoms with Gasteiger partial charge >= 0.3 is 0 Å². The van der Waals surface area contributed by atoms with E-state index < -0.39 is 0 Å². The molecule has 0 aromatic rings. The molecule has 0 N–H and O–H groups in total. The lowest BCUT2D eigenvalue weighted by Gasteiger charge is -2.26. The van der Waals surface area contributed by atoms with E-state index in [9.17, 15) is 4.79 Å². The van der Waals surface area contributed by atoms with Gasteiger partial charge in [0.1, 0.15) is 5.78 Å². The van der Waals surface area contributed by atoms with Crippen molar-refractivity contribution in [1.82, 2.24) is 4.90 Å². The highest BCUT2D eigenvalue weighted by molar-refractivity contribution is 5.79. The molecule has 1 aliphatic carbocycles. The summed E-state index contributed by atoms with van der Waals surface area (Å²) in [5, 5.41) is 0. The molecule has 1 aliphatic heterocycles. The van der Waals surface area contributed by atoms with Gasteiger partial charge in [0, 0.05) is 32.5 Å². The minimum absolute atomic E-state index is 0.436. The van der Waals surface area contributed by atoms with Gasteiger partial charge in [-0.15, -0.1) is 0 Å².